The highest BCUT2D eigenvalue weighted by Gasteiger charge is 2.21. The van der Waals surface area contributed by atoms with Crippen molar-refractivity contribution in [3.63, 3.8) is 0 Å². The topological polar surface area (TPSA) is 68.1 Å². The molecule has 1 heterocycles. The fourth-order valence-corrected chi connectivity index (χ4v) is 2.59. The molecular formula is C15H15N3O2. The summed E-state index contributed by atoms with van der Waals surface area (Å²) in [5.74, 6) is 0. The molecule has 102 valence electrons. The Morgan fingerprint density at radius 3 is 2.95 bits per heavy atom. The number of aromatic nitrogens is 1. The van der Waals surface area contributed by atoms with Crippen LogP contribution in [-0.2, 0) is 0 Å². The van der Waals surface area contributed by atoms with Crippen molar-refractivity contribution in [2.45, 2.75) is 25.3 Å². The minimum atomic E-state index is -0.328. The van der Waals surface area contributed by atoms with E-state index in [1.807, 2.05) is 6.07 Å². The van der Waals surface area contributed by atoms with E-state index in [9.17, 15) is 10.1 Å². The maximum absolute atomic E-state index is 11.4. The molecule has 1 aliphatic rings. The molecule has 0 amide bonds. The van der Waals surface area contributed by atoms with Gasteiger partial charge in [0, 0.05) is 12.2 Å². The highest BCUT2D eigenvalue weighted by atomic mass is 16.6. The summed E-state index contributed by atoms with van der Waals surface area (Å²) in [6.07, 6.45) is 8.83. The third kappa shape index (κ3) is 2.34. The Morgan fingerprint density at radius 2 is 2.20 bits per heavy atom. The summed E-state index contributed by atoms with van der Waals surface area (Å²) in [4.78, 5) is 15.2. The molecule has 5 heteroatoms. The number of nitro benzene ring substituents is 1. The van der Waals surface area contributed by atoms with Crippen LogP contribution < -0.4 is 5.32 Å². The Balaban J connectivity index is 2.03. The second kappa shape index (κ2) is 5.28. The van der Waals surface area contributed by atoms with Gasteiger partial charge in [0.05, 0.1) is 15.8 Å². The fourth-order valence-electron chi connectivity index (χ4n) is 2.59. The number of hydrogen-bond donors (Lipinski definition) is 1. The van der Waals surface area contributed by atoms with Gasteiger partial charge in [0.1, 0.15) is 5.69 Å². The number of hydrogen-bond acceptors (Lipinski definition) is 4. The summed E-state index contributed by atoms with van der Waals surface area (Å²) < 4.78 is 0. The van der Waals surface area contributed by atoms with Gasteiger partial charge in [-0.2, -0.15) is 0 Å². The first-order valence-corrected chi connectivity index (χ1v) is 6.69. The van der Waals surface area contributed by atoms with E-state index in [0.29, 0.717) is 16.6 Å². The van der Waals surface area contributed by atoms with E-state index in [4.69, 9.17) is 0 Å². The maximum Gasteiger partial charge on any atom is 0.301 e. The lowest BCUT2D eigenvalue weighted by Gasteiger charge is -2.20. The molecule has 1 aromatic carbocycles. The van der Waals surface area contributed by atoms with Crippen molar-refractivity contribution in [1.29, 1.82) is 0 Å². The van der Waals surface area contributed by atoms with E-state index in [2.05, 4.69) is 22.5 Å². The first-order valence-electron chi connectivity index (χ1n) is 6.69. The van der Waals surface area contributed by atoms with Gasteiger partial charge in [-0.25, -0.2) is 0 Å². The van der Waals surface area contributed by atoms with Crippen LogP contribution in [0, 0.1) is 10.1 Å². The van der Waals surface area contributed by atoms with Crippen LogP contribution in [-0.4, -0.2) is 15.9 Å². The van der Waals surface area contributed by atoms with Crippen molar-refractivity contribution in [1.82, 2.24) is 4.98 Å². The van der Waals surface area contributed by atoms with Crippen LogP contribution in [0.15, 0.2) is 42.6 Å². The van der Waals surface area contributed by atoms with E-state index in [1.54, 1.807) is 24.4 Å². The van der Waals surface area contributed by atoms with Gasteiger partial charge < -0.3 is 5.32 Å². The quantitative estimate of drug-likeness (QED) is 0.524. The summed E-state index contributed by atoms with van der Waals surface area (Å²) >= 11 is 0. The van der Waals surface area contributed by atoms with Crippen LogP contribution in [0.5, 0.6) is 0 Å². The molecule has 0 bridgehead atoms. The van der Waals surface area contributed by atoms with Crippen molar-refractivity contribution < 1.29 is 4.92 Å². The van der Waals surface area contributed by atoms with Crippen molar-refractivity contribution >= 4 is 22.3 Å². The lowest BCUT2D eigenvalue weighted by atomic mass is 10.0. The standard InChI is InChI=1S/C15H15N3O2/c19-18(20)15-12-7-4-10-16-13(12)8-9-14(15)17-11-5-2-1-3-6-11/h1-2,4,7-11,17H,3,5-6H2. The summed E-state index contributed by atoms with van der Waals surface area (Å²) in [6, 6.07) is 7.30. The number of pyridine rings is 1. The summed E-state index contributed by atoms with van der Waals surface area (Å²) in [5.41, 5.74) is 1.34. The normalized spacial score (nSPS) is 18.1. The van der Waals surface area contributed by atoms with Gasteiger partial charge in [-0.3, -0.25) is 15.1 Å². The Hall–Kier alpha value is -2.43. The lowest BCUT2D eigenvalue weighted by molar-refractivity contribution is -0.382. The Kier molecular flexibility index (Phi) is 3.33. The van der Waals surface area contributed by atoms with Crippen molar-refractivity contribution in [2.75, 3.05) is 5.32 Å². The molecular weight excluding hydrogens is 254 g/mol. The minimum Gasteiger partial charge on any atom is -0.376 e. The molecule has 3 rings (SSSR count). The number of rotatable bonds is 3. The van der Waals surface area contributed by atoms with Crippen molar-refractivity contribution in [3.05, 3.63) is 52.7 Å². The van der Waals surface area contributed by atoms with Gasteiger partial charge in [0.15, 0.2) is 0 Å². The Bertz CT molecular complexity index is 682. The molecule has 0 saturated heterocycles. The third-order valence-electron chi connectivity index (χ3n) is 3.57. The summed E-state index contributed by atoms with van der Waals surface area (Å²) in [7, 11) is 0. The van der Waals surface area contributed by atoms with Crippen molar-refractivity contribution in [2.24, 2.45) is 0 Å². The highest BCUT2D eigenvalue weighted by molar-refractivity contribution is 5.94. The SMILES string of the molecule is O=[N+]([O-])c1c(NC2CC=CCC2)ccc2ncccc12. The van der Waals surface area contributed by atoms with E-state index in [1.165, 1.54) is 0 Å². The van der Waals surface area contributed by atoms with E-state index in [-0.39, 0.29) is 16.7 Å². The zero-order valence-electron chi connectivity index (χ0n) is 11.0. The smallest absolute Gasteiger partial charge is 0.301 e. The Morgan fingerprint density at radius 1 is 1.30 bits per heavy atom. The molecule has 0 spiro atoms. The molecule has 1 aromatic heterocycles. The van der Waals surface area contributed by atoms with Gasteiger partial charge in [-0.1, -0.05) is 12.2 Å². The van der Waals surface area contributed by atoms with Crippen LogP contribution >= 0.6 is 0 Å². The van der Waals surface area contributed by atoms with Gasteiger partial charge in [-0.15, -0.1) is 0 Å². The van der Waals surface area contributed by atoms with Gasteiger partial charge in [-0.05, 0) is 43.5 Å². The largest absolute Gasteiger partial charge is 0.376 e. The average Bonchev–Trinajstić information content (AvgIpc) is 2.47. The first kappa shape index (κ1) is 12.6. The molecule has 0 radical (unpaired) electrons. The molecule has 1 aliphatic carbocycles. The highest BCUT2D eigenvalue weighted by Crippen LogP contribution is 2.33. The monoisotopic (exact) mass is 269 g/mol. The number of fused-ring (bicyclic) bond motifs is 1. The van der Waals surface area contributed by atoms with E-state index >= 15 is 0 Å². The molecule has 0 fully saturated rings. The number of anilines is 1. The zero-order valence-corrected chi connectivity index (χ0v) is 11.0. The predicted octanol–water partition coefficient (Wildman–Crippen LogP) is 3.66. The second-order valence-corrected chi connectivity index (χ2v) is 4.91. The van der Waals surface area contributed by atoms with Crippen LogP contribution in [0.4, 0.5) is 11.4 Å². The predicted molar refractivity (Wildman–Crippen MR) is 78.8 cm³/mol. The molecule has 1 unspecified atom stereocenters. The molecule has 2 aromatic rings. The third-order valence-corrected chi connectivity index (χ3v) is 3.57. The van der Waals surface area contributed by atoms with Gasteiger partial charge >= 0.3 is 5.69 Å². The fraction of sp³-hybridized carbons (Fsp3) is 0.267. The lowest BCUT2D eigenvalue weighted by Crippen LogP contribution is -2.20. The van der Waals surface area contributed by atoms with E-state index < -0.39 is 0 Å². The van der Waals surface area contributed by atoms with Crippen LogP contribution in [0.25, 0.3) is 10.9 Å². The zero-order chi connectivity index (χ0) is 13.9. The Labute approximate surface area is 116 Å². The average molecular weight is 269 g/mol. The molecule has 0 saturated carbocycles. The number of benzene rings is 1. The molecule has 0 aliphatic heterocycles. The first-order chi connectivity index (χ1) is 9.75. The molecule has 1 atom stereocenters. The number of allylic oxidation sites excluding steroid dienone is 1. The number of nitro groups is 1. The molecule has 1 N–H and O–H groups in total. The van der Waals surface area contributed by atoms with E-state index in [0.717, 1.165) is 19.3 Å². The molecule has 5 nitrogen and oxygen atoms in total. The van der Waals surface area contributed by atoms with Crippen LogP contribution in [0.1, 0.15) is 19.3 Å². The maximum atomic E-state index is 11.4. The second-order valence-electron chi connectivity index (χ2n) is 4.91. The van der Waals surface area contributed by atoms with Crippen LogP contribution in [0.3, 0.4) is 0 Å². The van der Waals surface area contributed by atoms with Crippen LogP contribution in [0.2, 0.25) is 0 Å². The van der Waals surface area contributed by atoms with Gasteiger partial charge in [0.25, 0.3) is 0 Å². The summed E-state index contributed by atoms with van der Waals surface area (Å²) in [5, 5.41) is 15.3. The molecule has 20 heavy (non-hydrogen) atoms. The number of nitrogens with one attached hydrogen (secondary N) is 1. The van der Waals surface area contributed by atoms with Gasteiger partial charge in [0.2, 0.25) is 0 Å². The number of nitrogens with zero attached hydrogens (tertiary/aromatic N) is 2. The summed E-state index contributed by atoms with van der Waals surface area (Å²) in [6.45, 7) is 0. The van der Waals surface area contributed by atoms with Crippen molar-refractivity contribution in [3.8, 4) is 0 Å². The minimum absolute atomic E-state index is 0.116.